The molecule has 0 saturated carbocycles. The molecule has 1 fully saturated rings. The number of nitrogens with one attached hydrogen (secondary N) is 1. The molecule has 25 heavy (non-hydrogen) atoms. The maximum atomic E-state index is 12.3. The number of sulfonamides is 1. The number of ether oxygens (including phenoxy) is 1. The number of para-hydroxylation sites is 1. The fraction of sp³-hybridized carbons (Fsp3) is 0.533. The van der Waals surface area contributed by atoms with E-state index in [2.05, 4.69) is 10.1 Å². The number of rotatable bonds is 7. The van der Waals surface area contributed by atoms with Crippen LogP contribution in [0.25, 0.3) is 0 Å². The van der Waals surface area contributed by atoms with Gasteiger partial charge in [-0.15, -0.1) is 13.2 Å². The van der Waals surface area contributed by atoms with Gasteiger partial charge >= 0.3 is 6.36 Å². The summed E-state index contributed by atoms with van der Waals surface area (Å²) in [5.74, 6) is -0.568. The molecule has 1 amide bonds. The van der Waals surface area contributed by atoms with Crippen LogP contribution in [-0.4, -0.2) is 50.4 Å². The molecule has 1 N–H and O–H groups in total. The Hall–Kier alpha value is -1.81. The third-order valence-corrected chi connectivity index (χ3v) is 5.66. The lowest BCUT2D eigenvalue weighted by Gasteiger charge is -2.15. The zero-order valence-corrected chi connectivity index (χ0v) is 14.2. The van der Waals surface area contributed by atoms with Crippen molar-refractivity contribution in [1.82, 2.24) is 9.62 Å². The van der Waals surface area contributed by atoms with Crippen molar-refractivity contribution in [3.05, 3.63) is 29.8 Å². The maximum absolute atomic E-state index is 12.3. The third kappa shape index (κ3) is 6.20. The van der Waals surface area contributed by atoms with Crippen LogP contribution >= 0.6 is 0 Å². The minimum atomic E-state index is -4.79. The van der Waals surface area contributed by atoms with Gasteiger partial charge in [-0.2, -0.15) is 0 Å². The lowest BCUT2D eigenvalue weighted by atomic mass is 10.1. The standard InChI is InChI=1S/C15H19F3N2O4S/c16-15(17,18)24-13-5-2-1-4-12(13)6-7-14(21)19-8-10-20-9-3-11-25(20,22)23/h1-2,4-5H,3,6-11H2,(H,19,21). The predicted octanol–water partition coefficient (Wildman–Crippen LogP) is 1.67. The topological polar surface area (TPSA) is 75.7 Å². The van der Waals surface area contributed by atoms with Crippen LogP contribution in [0.5, 0.6) is 5.75 Å². The summed E-state index contributed by atoms with van der Waals surface area (Å²) in [4.78, 5) is 11.8. The van der Waals surface area contributed by atoms with E-state index in [4.69, 9.17) is 0 Å². The van der Waals surface area contributed by atoms with Crippen LogP contribution < -0.4 is 10.1 Å². The lowest BCUT2D eigenvalue weighted by Crippen LogP contribution is -2.35. The Balaban J connectivity index is 1.79. The van der Waals surface area contributed by atoms with Gasteiger partial charge in [0.1, 0.15) is 5.75 Å². The first kappa shape index (κ1) is 19.5. The van der Waals surface area contributed by atoms with Crippen molar-refractivity contribution in [2.45, 2.75) is 25.6 Å². The molecule has 0 aromatic heterocycles. The average Bonchev–Trinajstić information content (AvgIpc) is 2.84. The zero-order valence-electron chi connectivity index (χ0n) is 13.4. The van der Waals surface area contributed by atoms with Gasteiger partial charge in [0, 0.05) is 26.1 Å². The molecule has 0 spiro atoms. The summed E-state index contributed by atoms with van der Waals surface area (Å²) in [6.07, 6.45) is -4.16. The maximum Gasteiger partial charge on any atom is 0.573 e. The number of hydrogen-bond donors (Lipinski definition) is 1. The van der Waals surface area contributed by atoms with Crippen LogP contribution in [0.1, 0.15) is 18.4 Å². The number of hydrogen-bond acceptors (Lipinski definition) is 4. The Morgan fingerprint density at radius 2 is 2.00 bits per heavy atom. The van der Waals surface area contributed by atoms with Crippen molar-refractivity contribution in [2.24, 2.45) is 0 Å². The molecule has 1 aromatic rings. The summed E-state index contributed by atoms with van der Waals surface area (Å²) < 4.78 is 65.5. The highest BCUT2D eigenvalue weighted by atomic mass is 32.2. The molecule has 1 aliphatic rings. The van der Waals surface area contributed by atoms with E-state index in [9.17, 15) is 26.4 Å². The van der Waals surface area contributed by atoms with Crippen molar-refractivity contribution in [3.63, 3.8) is 0 Å². The Morgan fingerprint density at radius 3 is 2.64 bits per heavy atom. The molecule has 0 radical (unpaired) electrons. The van der Waals surface area contributed by atoms with Crippen LogP contribution in [0.3, 0.4) is 0 Å². The SMILES string of the molecule is O=C(CCc1ccccc1OC(F)(F)F)NCCN1CCCS1(=O)=O. The normalized spacial score (nSPS) is 17.4. The van der Waals surface area contributed by atoms with Gasteiger partial charge < -0.3 is 10.1 Å². The van der Waals surface area contributed by atoms with E-state index in [1.807, 2.05) is 0 Å². The van der Waals surface area contributed by atoms with Gasteiger partial charge in [0.2, 0.25) is 15.9 Å². The van der Waals surface area contributed by atoms with E-state index < -0.39 is 16.4 Å². The summed E-state index contributed by atoms with van der Waals surface area (Å²) in [6.45, 7) is 0.807. The van der Waals surface area contributed by atoms with E-state index in [0.717, 1.165) is 0 Å². The molecule has 1 saturated heterocycles. The van der Waals surface area contributed by atoms with Crippen LogP contribution in [-0.2, 0) is 21.2 Å². The number of benzene rings is 1. The van der Waals surface area contributed by atoms with Crippen molar-refractivity contribution in [2.75, 3.05) is 25.4 Å². The number of halogens is 3. The fourth-order valence-corrected chi connectivity index (χ4v) is 4.06. The fourth-order valence-electron chi connectivity index (χ4n) is 2.53. The Morgan fingerprint density at radius 1 is 1.28 bits per heavy atom. The Kier molecular flexibility index (Phi) is 6.28. The first-order valence-corrected chi connectivity index (χ1v) is 9.36. The summed E-state index contributed by atoms with van der Waals surface area (Å²) in [5.41, 5.74) is 0.275. The first-order chi connectivity index (χ1) is 11.7. The van der Waals surface area contributed by atoms with Gasteiger partial charge in [-0.05, 0) is 24.5 Å². The Labute approximate surface area is 144 Å². The largest absolute Gasteiger partial charge is 0.573 e. The van der Waals surface area contributed by atoms with E-state index in [-0.39, 0.29) is 48.9 Å². The van der Waals surface area contributed by atoms with Crippen LogP contribution in [0.15, 0.2) is 24.3 Å². The van der Waals surface area contributed by atoms with E-state index in [1.165, 1.54) is 22.5 Å². The molecule has 0 bridgehead atoms. The molecule has 10 heteroatoms. The zero-order chi connectivity index (χ0) is 18.5. The quantitative estimate of drug-likeness (QED) is 0.781. The predicted molar refractivity (Wildman–Crippen MR) is 84.4 cm³/mol. The Bertz CT molecular complexity index is 707. The molecule has 0 unspecified atom stereocenters. The van der Waals surface area contributed by atoms with Gasteiger partial charge in [0.05, 0.1) is 5.75 Å². The van der Waals surface area contributed by atoms with E-state index in [0.29, 0.717) is 13.0 Å². The third-order valence-electron chi connectivity index (χ3n) is 3.71. The minimum absolute atomic E-state index is 0.0228. The summed E-state index contributed by atoms with van der Waals surface area (Å²) in [6, 6.07) is 5.64. The number of alkyl halides is 3. The summed E-state index contributed by atoms with van der Waals surface area (Å²) in [7, 11) is -3.20. The number of amides is 1. The van der Waals surface area contributed by atoms with E-state index in [1.54, 1.807) is 6.07 Å². The van der Waals surface area contributed by atoms with Gasteiger partial charge in [-0.1, -0.05) is 18.2 Å². The molecule has 1 heterocycles. The van der Waals surface area contributed by atoms with Crippen molar-refractivity contribution < 1.29 is 31.1 Å². The second-order valence-corrected chi connectivity index (χ2v) is 7.66. The summed E-state index contributed by atoms with van der Waals surface area (Å²) >= 11 is 0. The van der Waals surface area contributed by atoms with Crippen LogP contribution in [0.4, 0.5) is 13.2 Å². The van der Waals surface area contributed by atoms with Gasteiger partial charge in [0.15, 0.2) is 0 Å². The molecule has 2 rings (SSSR count). The smallest absolute Gasteiger partial charge is 0.406 e. The summed E-state index contributed by atoms with van der Waals surface area (Å²) in [5, 5.41) is 2.58. The minimum Gasteiger partial charge on any atom is -0.406 e. The number of nitrogens with zero attached hydrogens (tertiary/aromatic N) is 1. The van der Waals surface area contributed by atoms with Crippen molar-refractivity contribution in [3.8, 4) is 5.75 Å². The molecule has 140 valence electrons. The molecule has 1 aromatic carbocycles. The molecular weight excluding hydrogens is 361 g/mol. The van der Waals surface area contributed by atoms with Crippen LogP contribution in [0, 0.1) is 0 Å². The number of aryl methyl sites for hydroxylation is 1. The van der Waals surface area contributed by atoms with Crippen molar-refractivity contribution >= 4 is 15.9 Å². The van der Waals surface area contributed by atoms with Gasteiger partial charge in [0.25, 0.3) is 0 Å². The molecule has 0 atom stereocenters. The monoisotopic (exact) mass is 380 g/mol. The van der Waals surface area contributed by atoms with Gasteiger partial charge in [-0.3, -0.25) is 4.79 Å². The molecule has 1 aliphatic heterocycles. The van der Waals surface area contributed by atoms with Gasteiger partial charge in [-0.25, -0.2) is 12.7 Å². The highest BCUT2D eigenvalue weighted by Crippen LogP contribution is 2.26. The highest BCUT2D eigenvalue weighted by molar-refractivity contribution is 7.89. The lowest BCUT2D eigenvalue weighted by molar-refractivity contribution is -0.274. The highest BCUT2D eigenvalue weighted by Gasteiger charge is 2.32. The molecular formula is C15H19F3N2O4S. The number of carbonyl (C=O) groups excluding carboxylic acids is 1. The van der Waals surface area contributed by atoms with Crippen LogP contribution in [0.2, 0.25) is 0 Å². The van der Waals surface area contributed by atoms with E-state index >= 15 is 0 Å². The number of carbonyl (C=O) groups is 1. The molecule has 6 nitrogen and oxygen atoms in total. The van der Waals surface area contributed by atoms with Crippen molar-refractivity contribution in [1.29, 1.82) is 0 Å². The second-order valence-electron chi connectivity index (χ2n) is 5.57. The molecule has 0 aliphatic carbocycles. The average molecular weight is 380 g/mol. The second kappa shape index (κ2) is 8.05. The first-order valence-electron chi connectivity index (χ1n) is 7.75.